The van der Waals surface area contributed by atoms with Crippen molar-refractivity contribution in [2.45, 2.75) is 6.04 Å². The van der Waals surface area contributed by atoms with Gasteiger partial charge in [0.2, 0.25) is 7.29 Å². The molecule has 3 aromatic carbocycles. The molecule has 0 amide bonds. The minimum Gasteiger partial charge on any atom is -0.467 e. The van der Waals surface area contributed by atoms with E-state index in [1.165, 1.54) is 0 Å². The fourth-order valence-corrected chi connectivity index (χ4v) is 5.58. The summed E-state index contributed by atoms with van der Waals surface area (Å²) in [5, 5.41) is 4.98. The minimum absolute atomic E-state index is 0.326. The lowest BCUT2D eigenvalue weighted by Crippen LogP contribution is -2.31. The van der Waals surface area contributed by atoms with Crippen LogP contribution in [0.1, 0.15) is 17.4 Å². The molecule has 0 bridgehead atoms. The summed E-state index contributed by atoms with van der Waals surface area (Å²) >= 11 is 0. The molecule has 0 aliphatic rings. The Morgan fingerprint density at radius 3 is 1.67 bits per heavy atom. The summed E-state index contributed by atoms with van der Waals surface area (Å²) in [4.78, 5) is 0. The third kappa shape index (κ3) is 3.66. The van der Waals surface area contributed by atoms with Gasteiger partial charge in [0.05, 0.1) is 12.3 Å². The molecule has 0 fully saturated rings. The van der Waals surface area contributed by atoms with Gasteiger partial charge in [0.25, 0.3) is 0 Å². The van der Waals surface area contributed by atoms with Crippen molar-refractivity contribution < 1.29 is 8.98 Å². The Hall–Kier alpha value is -2.87. The standard InChI is InChI=1S/C23H20NO2P/c25-27(20-13-6-2-7-14-20,21-15-8-3-9-16-21)24-23(22-17-10-18-26-22)19-11-4-1-5-12-19/h1-18,23H,(H,24,25)/t23-/m0/s1. The zero-order valence-corrected chi connectivity index (χ0v) is 15.6. The predicted molar refractivity (Wildman–Crippen MR) is 110 cm³/mol. The first kappa shape index (κ1) is 17.5. The molecule has 4 heteroatoms. The normalized spacial score (nSPS) is 12.6. The minimum atomic E-state index is -3.10. The van der Waals surface area contributed by atoms with E-state index in [0.29, 0.717) is 0 Å². The van der Waals surface area contributed by atoms with Gasteiger partial charge in [-0.2, -0.15) is 0 Å². The summed E-state index contributed by atoms with van der Waals surface area (Å²) in [6.07, 6.45) is 1.64. The second-order valence-electron chi connectivity index (χ2n) is 6.27. The van der Waals surface area contributed by atoms with Gasteiger partial charge in [0, 0.05) is 10.6 Å². The van der Waals surface area contributed by atoms with Gasteiger partial charge >= 0.3 is 0 Å². The van der Waals surface area contributed by atoms with Gasteiger partial charge in [0.1, 0.15) is 5.76 Å². The predicted octanol–water partition coefficient (Wildman–Crippen LogP) is 4.89. The molecule has 0 saturated heterocycles. The molecule has 0 unspecified atom stereocenters. The summed E-state index contributed by atoms with van der Waals surface area (Å²) < 4.78 is 20.0. The van der Waals surface area contributed by atoms with E-state index in [9.17, 15) is 4.57 Å². The second-order valence-corrected chi connectivity index (χ2v) is 8.78. The van der Waals surface area contributed by atoms with E-state index in [0.717, 1.165) is 21.9 Å². The first-order valence-corrected chi connectivity index (χ1v) is 10.6. The van der Waals surface area contributed by atoms with Crippen molar-refractivity contribution >= 4 is 17.9 Å². The van der Waals surface area contributed by atoms with Crippen molar-refractivity contribution in [3.63, 3.8) is 0 Å². The Bertz CT molecular complexity index is 972. The summed E-state index contributed by atoms with van der Waals surface area (Å²) in [7, 11) is -3.10. The summed E-state index contributed by atoms with van der Waals surface area (Å²) in [6.45, 7) is 0. The van der Waals surface area contributed by atoms with Gasteiger partial charge in [0.15, 0.2) is 0 Å². The Balaban J connectivity index is 1.84. The molecule has 0 saturated carbocycles. The first-order valence-electron chi connectivity index (χ1n) is 8.85. The zero-order valence-electron chi connectivity index (χ0n) is 14.7. The average Bonchev–Trinajstić information content (AvgIpc) is 3.28. The molecule has 1 atom stereocenters. The van der Waals surface area contributed by atoms with Gasteiger partial charge in [-0.15, -0.1) is 0 Å². The summed E-state index contributed by atoms with van der Waals surface area (Å²) in [5.74, 6) is 0.730. The van der Waals surface area contributed by atoms with E-state index >= 15 is 0 Å². The SMILES string of the molecule is O=P(N[C@@H](c1ccccc1)c1ccco1)(c1ccccc1)c1ccccc1. The molecule has 0 aliphatic carbocycles. The van der Waals surface area contributed by atoms with Gasteiger partial charge in [-0.3, -0.25) is 4.57 Å². The van der Waals surface area contributed by atoms with Crippen LogP contribution in [0.25, 0.3) is 0 Å². The van der Waals surface area contributed by atoms with Crippen molar-refractivity contribution in [3.8, 4) is 0 Å². The number of hydrogen-bond acceptors (Lipinski definition) is 2. The molecule has 4 rings (SSSR count). The number of nitrogens with one attached hydrogen (secondary N) is 1. The number of hydrogen-bond donors (Lipinski definition) is 1. The van der Waals surface area contributed by atoms with Gasteiger partial charge < -0.3 is 4.42 Å². The van der Waals surface area contributed by atoms with E-state index in [1.54, 1.807) is 6.26 Å². The lowest BCUT2D eigenvalue weighted by atomic mass is 10.1. The maximum atomic E-state index is 14.3. The van der Waals surface area contributed by atoms with E-state index in [-0.39, 0.29) is 6.04 Å². The maximum Gasteiger partial charge on any atom is 0.205 e. The van der Waals surface area contributed by atoms with Crippen molar-refractivity contribution in [2.24, 2.45) is 0 Å². The highest BCUT2D eigenvalue weighted by molar-refractivity contribution is 7.76. The van der Waals surface area contributed by atoms with Crippen LogP contribution < -0.4 is 15.7 Å². The molecule has 134 valence electrons. The van der Waals surface area contributed by atoms with Crippen LogP contribution in [0, 0.1) is 0 Å². The van der Waals surface area contributed by atoms with Crippen molar-refractivity contribution in [2.75, 3.05) is 0 Å². The Morgan fingerprint density at radius 2 is 1.19 bits per heavy atom. The molecule has 1 aromatic heterocycles. The highest BCUT2D eigenvalue weighted by Gasteiger charge is 2.32. The average molecular weight is 373 g/mol. The van der Waals surface area contributed by atoms with Crippen molar-refractivity contribution in [1.29, 1.82) is 0 Å². The molecule has 27 heavy (non-hydrogen) atoms. The van der Waals surface area contributed by atoms with Gasteiger partial charge in [-0.05, 0) is 42.0 Å². The van der Waals surface area contributed by atoms with Crippen LogP contribution in [-0.2, 0) is 4.57 Å². The van der Waals surface area contributed by atoms with Gasteiger partial charge in [-0.1, -0.05) is 66.7 Å². The molecule has 1 N–H and O–H groups in total. The second kappa shape index (κ2) is 7.79. The van der Waals surface area contributed by atoms with Crippen molar-refractivity contribution in [1.82, 2.24) is 5.09 Å². The van der Waals surface area contributed by atoms with Crippen LogP contribution in [-0.4, -0.2) is 0 Å². The third-order valence-electron chi connectivity index (χ3n) is 4.51. The van der Waals surface area contributed by atoms with Crippen LogP contribution in [0.3, 0.4) is 0 Å². The molecule has 1 heterocycles. The Morgan fingerprint density at radius 1 is 0.667 bits per heavy atom. The van der Waals surface area contributed by atoms with Crippen LogP contribution in [0.4, 0.5) is 0 Å². The quantitative estimate of drug-likeness (QED) is 0.490. The van der Waals surface area contributed by atoms with E-state index in [2.05, 4.69) is 5.09 Å². The highest BCUT2D eigenvalue weighted by atomic mass is 31.2. The zero-order chi connectivity index (χ0) is 18.5. The van der Waals surface area contributed by atoms with Crippen LogP contribution in [0.2, 0.25) is 0 Å². The number of rotatable bonds is 6. The maximum absolute atomic E-state index is 14.3. The largest absolute Gasteiger partial charge is 0.467 e. The molecule has 0 aliphatic heterocycles. The van der Waals surface area contributed by atoms with Crippen molar-refractivity contribution in [3.05, 3.63) is 121 Å². The summed E-state index contributed by atoms with van der Waals surface area (Å²) in [6, 6.07) is 32.5. The molecule has 0 radical (unpaired) electrons. The number of furan rings is 1. The Labute approximate surface area is 159 Å². The molecule has 0 spiro atoms. The highest BCUT2D eigenvalue weighted by Crippen LogP contribution is 2.43. The fraction of sp³-hybridized carbons (Fsp3) is 0.0435. The lowest BCUT2D eigenvalue weighted by Gasteiger charge is -2.26. The lowest BCUT2D eigenvalue weighted by molar-refractivity contribution is 0.473. The first-order chi connectivity index (χ1) is 13.3. The molecule has 3 nitrogen and oxygen atoms in total. The molecular formula is C23H20NO2P. The molecular weight excluding hydrogens is 353 g/mol. The molecule has 4 aromatic rings. The number of benzene rings is 3. The van der Waals surface area contributed by atoms with Crippen LogP contribution in [0.15, 0.2) is 114 Å². The van der Waals surface area contributed by atoms with Gasteiger partial charge in [-0.25, -0.2) is 5.09 Å². The topological polar surface area (TPSA) is 42.2 Å². The van der Waals surface area contributed by atoms with E-state index in [4.69, 9.17) is 4.42 Å². The van der Waals surface area contributed by atoms with E-state index < -0.39 is 7.29 Å². The van der Waals surface area contributed by atoms with Crippen LogP contribution in [0.5, 0.6) is 0 Å². The van der Waals surface area contributed by atoms with Crippen LogP contribution >= 0.6 is 7.29 Å². The summed E-state index contributed by atoms with van der Waals surface area (Å²) in [5.41, 5.74) is 1.000. The van der Waals surface area contributed by atoms with E-state index in [1.807, 2.05) is 103 Å². The Kier molecular flexibility index (Phi) is 5.06. The third-order valence-corrected chi connectivity index (χ3v) is 7.18. The fourth-order valence-electron chi connectivity index (χ4n) is 3.16. The monoisotopic (exact) mass is 373 g/mol. The smallest absolute Gasteiger partial charge is 0.205 e.